The van der Waals surface area contributed by atoms with Crippen molar-refractivity contribution in [1.82, 2.24) is 10.6 Å². The van der Waals surface area contributed by atoms with Crippen molar-refractivity contribution in [2.75, 3.05) is 6.54 Å². The van der Waals surface area contributed by atoms with Crippen LogP contribution >= 0.6 is 15.9 Å². The van der Waals surface area contributed by atoms with Gasteiger partial charge in [-0.2, -0.15) is 0 Å². The fourth-order valence-electron chi connectivity index (χ4n) is 2.36. The second-order valence-corrected chi connectivity index (χ2v) is 5.66. The SMILES string of the molecule is C[C@@H](NC(=O)CC1CCCN1)c1ccccc1Br. The topological polar surface area (TPSA) is 41.1 Å². The van der Waals surface area contributed by atoms with Crippen LogP contribution in [-0.2, 0) is 4.79 Å². The summed E-state index contributed by atoms with van der Waals surface area (Å²) in [6, 6.07) is 8.39. The molecule has 1 aliphatic rings. The summed E-state index contributed by atoms with van der Waals surface area (Å²) in [5.74, 6) is 0.123. The summed E-state index contributed by atoms with van der Waals surface area (Å²) >= 11 is 3.51. The number of benzene rings is 1. The van der Waals surface area contributed by atoms with Gasteiger partial charge in [0.1, 0.15) is 0 Å². The van der Waals surface area contributed by atoms with Gasteiger partial charge in [-0.15, -0.1) is 0 Å². The van der Waals surface area contributed by atoms with E-state index >= 15 is 0 Å². The van der Waals surface area contributed by atoms with Gasteiger partial charge in [-0.1, -0.05) is 34.1 Å². The van der Waals surface area contributed by atoms with Crippen LogP contribution in [0.5, 0.6) is 0 Å². The van der Waals surface area contributed by atoms with Gasteiger partial charge in [0, 0.05) is 16.9 Å². The van der Waals surface area contributed by atoms with E-state index in [1.54, 1.807) is 0 Å². The minimum absolute atomic E-state index is 0.0366. The van der Waals surface area contributed by atoms with Crippen molar-refractivity contribution in [2.45, 2.75) is 38.3 Å². The third-order valence-corrected chi connectivity index (χ3v) is 4.07. The number of rotatable bonds is 4. The van der Waals surface area contributed by atoms with E-state index in [0.29, 0.717) is 12.5 Å². The van der Waals surface area contributed by atoms with Gasteiger partial charge in [0.2, 0.25) is 5.91 Å². The van der Waals surface area contributed by atoms with Gasteiger partial charge in [0.15, 0.2) is 0 Å². The molecule has 1 aromatic rings. The van der Waals surface area contributed by atoms with Crippen molar-refractivity contribution in [1.29, 1.82) is 0 Å². The summed E-state index contributed by atoms with van der Waals surface area (Å²) in [5.41, 5.74) is 1.12. The first-order chi connectivity index (χ1) is 8.66. The van der Waals surface area contributed by atoms with Crippen LogP contribution in [0, 0.1) is 0 Å². The Morgan fingerprint density at radius 2 is 2.33 bits per heavy atom. The Labute approximate surface area is 116 Å². The second-order valence-electron chi connectivity index (χ2n) is 4.81. The standard InChI is InChI=1S/C14H19BrN2O/c1-10(12-6-2-3-7-13(12)15)17-14(18)9-11-5-4-8-16-11/h2-3,6-7,10-11,16H,4-5,8-9H2,1H3,(H,17,18)/t10-,11?/m1/s1. The summed E-state index contributed by atoms with van der Waals surface area (Å²) < 4.78 is 1.04. The predicted molar refractivity (Wildman–Crippen MR) is 76.3 cm³/mol. The van der Waals surface area contributed by atoms with Crippen LogP contribution in [0.25, 0.3) is 0 Å². The average Bonchev–Trinajstić information content (AvgIpc) is 2.82. The summed E-state index contributed by atoms with van der Waals surface area (Å²) in [7, 11) is 0. The summed E-state index contributed by atoms with van der Waals surface area (Å²) in [4.78, 5) is 11.9. The molecule has 98 valence electrons. The molecule has 0 radical (unpaired) electrons. The van der Waals surface area contributed by atoms with Gasteiger partial charge >= 0.3 is 0 Å². The maximum absolute atomic E-state index is 11.9. The van der Waals surface area contributed by atoms with Crippen LogP contribution < -0.4 is 10.6 Å². The van der Waals surface area contributed by atoms with Crippen LogP contribution in [0.3, 0.4) is 0 Å². The average molecular weight is 311 g/mol. The lowest BCUT2D eigenvalue weighted by Crippen LogP contribution is -2.33. The lowest BCUT2D eigenvalue weighted by Gasteiger charge is -2.17. The van der Waals surface area contributed by atoms with Crippen molar-refractivity contribution < 1.29 is 4.79 Å². The van der Waals surface area contributed by atoms with Crippen molar-refractivity contribution >= 4 is 21.8 Å². The summed E-state index contributed by atoms with van der Waals surface area (Å²) in [6.45, 7) is 3.05. The third kappa shape index (κ3) is 3.56. The lowest BCUT2D eigenvalue weighted by atomic mass is 10.1. The van der Waals surface area contributed by atoms with Crippen molar-refractivity contribution in [2.24, 2.45) is 0 Å². The molecule has 4 heteroatoms. The summed E-state index contributed by atoms with van der Waals surface area (Å²) in [5, 5.41) is 6.40. The fraction of sp³-hybridized carbons (Fsp3) is 0.500. The molecule has 0 bridgehead atoms. The predicted octanol–water partition coefficient (Wildman–Crippen LogP) is 2.77. The molecule has 0 spiro atoms. The molecule has 18 heavy (non-hydrogen) atoms. The van der Waals surface area contributed by atoms with Crippen LogP contribution in [0.15, 0.2) is 28.7 Å². The number of halogens is 1. The number of carbonyl (C=O) groups excluding carboxylic acids is 1. The number of hydrogen-bond donors (Lipinski definition) is 2. The van der Waals surface area contributed by atoms with Crippen LogP contribution in [0.4, 0.5) is 0 Å². The Morgan fingerprint density at radius 1 is 1.56 bits per heavy atom. The highest BCUT2D eigenvalue weighted by Gasteiger charge is 2.19. The Bertz CT molecular complexity index is 416. The zero-order valence-electron chi connectivity index (χ0n) is 10.6. The molecule has 1 aliphatic heterocycles. The second kappa shape index (κ2) is 6.34. The normalized spacial score (nSPS) is 20.7. The zero-order chi connectivity index (χ0) is 13.0. The molecule has 3 nitrogen and oxygen atoms in total. The molecule has 1 unspecified atom stereocenters. The quantitative estimate of drug-likeness (QED) is 0.898. The smallest absolute Gasteiger partial charge is 0.222 e. The molecular formula is C14H19BrN2O. The van der Waals surface area contributed by atoms with E-state index in [9.17, 15) is 4.79 Å². The molecule has 1 fully saturated rings. The first-order valence-corrected chi connectivity index (χ1v) is 7.23. The van der Waals surface area contributed by atoms with Gasteiger partial charge in [0.05, 0.1) is 6.04 Å². The molecule has 1 saturated heterocycles. The maximum Gasteiger partial charge on any atom is 0.222 e. The Morgan fingerprint density at radius 3 is 3.00 bits per heavy atom. The van der Waals surface area contributed by atoms with E-state index in [2.05, 4.69) is 26.6 Å². The minimum atomic E-state index is 0.0366. The van der Waals surface area contributed by atoms with Crippen molar-refractivity contribution in [3.05, 3.63) is 34.3 Å². The van der Waals surface area contributed by atoms with Crippen molar-refractivity contribution in [3.8, 4) is 0 Å². The molecule has 0 aliphatic carbocycles. The fourth-order valence-corrected chi connectivity index (χ4v) is 2.99. The van der Waals surface area contributed by atoms with Crippen molar-refractivity contribution in [3.63, 3.8) is 0 Å². The highest BCUT2D eigenvalue weighted by molar-refractivity contribution is 9.10. The molecular weight excluding hydrogens is 292 g/mol. The number of amides is 1. The minimum Gasteiger partial charge on any atom is -0.349 e. The molecule has 0 aromatic heterocycles. The molecule has 2 atom stereocenters. The van der Waals surface area contributed by atoms with E-state index in [1.165, 1.54) is 6.42 Å². The number of nitrogens with one attached hydrogen (secondary N) is 2. The van der Waals surface area contributed by atoms with Crippen LogP contribution in [-0.4, -0.2) is 18.5 Å². The molecule has 1 aromatic carbocycles. The number of carbonyl (C=O) groups is 1. The Balaban J connectivity index is 1.88. The molecule has 1 amide bonds. The zero-order valence-corrected chi connectivity index (χ0v) is 12.2. The highest BCUT2D eigenvalue weighted by atomic mass is 79.9. The first kappa shape index (κ1) is 13.6. The molecule has 1 heterocycles. The molecule has 0 saturated carbocycles. The maximum atomic E-state index is 11.9. The molecule has 2 rings (SSSR count). The van der Waals surface area contributed by atoms with E-state index < -0.39 is 0 Å². The highest BCUT2D eigenvalue weighted by Crippen LogP contribution is 2.22. The van der Waals surface area contributed by atoms with Gasteiger partial charge < -0.3 is 10.6 Å². The monoisotopic (exact) mass is 310 g/mol. The van der Waals surface area contributed by atoms with Crippen LogP contribution in [0.2, 0.25) is 0 Å². The van der Waals surface area contributed by atoms with Crippen LogP contribution in [0.1, 0.15) is 37.8 Å². The van der Waals surface area contributed by atoms with E-state index in [0.717, 1.165) is 23.0 Å². The Kier molecular flexibility index (Phi) is 4.78. The van der Waals surface area contributed by atoms with E-state index in [-0.39, 0.29) is 11.9 Å². The van der Waals surface area contributed by atoms with Gasteiger partial charge in [0.25, 0.3) is 0 Å². The first-order valence-electron chi connectivity index (χ1n) is 6.44. The lowest BCUT2D eigenvalue weighted by molar-refractivity contribution is -0.122. The summed E-state index contributed by atoms with van der Waals surface area (Å²) in [6.07, 6.45) is 2.86. The largest absolute Gasteiger partial charge is 0.349 e. The Hall–Kier alpha value is -0.870. The van der Waals surface area contributed by atoms with Gasteiger partial charge in [-0.3, -0.25) is 4.79 Å². The van der Waals surface area contributed by atoms with E-state index in [4.69, 9.17) is 0 Å². The van der Waals surface area contributed by atoms with Gasteiger partial charge in [-0.25, -0.2) is 0 Å². The number of hydrogen-bond acceptors (Lipinski definition) is 2. The van der Waals surface area contributed by atoms with Gasteiger partial charge in [-0.05, 0) is 37.9 Å². The third-order valence-electron chi connectivity index (χ3n) is 3.34. The van der Waals surface area contributed by atoms with E-state index in [1.807, 2.05) is 31.2 Å². The molecule has 2 N–H and O–H groups in total.